The van der Waals surface area contributed by atoms with Crippen molar-refractivity contribution in [3.63, 3.8) is 0 Å². The first kappa shape index (κ1) is 7.66. The normalized spacial score (nSPS) is 13.4. The Morgan fingerprint density at radius 1 is 1.80 bits per heavy atom. The van der Waals surface area contributed by atoms with Crippen molar-refractivity contribution in [3.05, 3.63) is 18.2 Å². The highest BCUT2D eigenvalue weighted by Crippen LogP contribution is 2.24. The number of hydrogen-bond acceptors (Lipinski definition) is 2. The zero-order valence-corrected chi connectivity index (χ0v) is 7.11. The third kappa shape index (κ3) is 1.77. The molecule has 1 N–H and O–H groups in total. The SMILES string of the molecule is CCSC(C)c1cnc[nH]1. The molecule has 0 saturated heterocycles. The fraction of sp³-hybridized carbons (Fsp3) is 0.571. The molecule has 1 rings (SSSR count). The second-order valence-corrected chi connectivity index (χ2v) is 3.72. The molecule has 0 fully saturated rings. The Labute approximate surface area is 65.4 Å². The third-order valence-corrected chi connectivity index (χ3v) is 2.46. The van der Waals surface area contributed by atoms with Crippen LogP contribution in [0.3, 0.4) is 0 Å². The molecule has 0 amide bonds. The third-order valence-electron chi connectivity index (χ3n) is 1.37. The molecule has 0 aliphatic carbocycles. The van der Waals surface area contributed by atoms with Crippen LogP contribution in [0.4, 0.5) is 0 Å². The Balaban J connectivity index is 2.50. The monoisotopic (exact) mass is 156 g/mol. The van der Waals surface area contributed by atoms with Gasteiger partial charge >= 0.3 is 0 Å². The van der Waals surface area contributed by atoms with E-state index in [1.165, 1.54) is 5.69 Å². The maximum Gasteiger partial charge on any atom is 0.0922 e. The Hall–Kier alpha value is -0.440. The van der Waals surface area contributed by atoms with Crippen molar-refractivity contribution in [2.24, 2.45) is 0 Å². The number of imidazole rings is 1. The lowest BCUT2D eigenvalue weighted by Crippen LogP contribution is -1.87. The summed E-state index contributed by atoms with van der Waals surface area (Å²) in [5, 5.41) is 0.549. The van der Waals surface area contributed by atoms with Crippen molar-refractivity contribution in [2.75, 3.05) is 5.75 Å². The molecule has 1 aromatic rings. The number of thioether (sulfide) groups is 1. The number of aromatic amines is 1. The number of aromatic nitrogens is 2. The van der Waals surface area contributed by atoms with Gasteiger partial charge in [-0.2, -0.15) is 11.8 Å². The molecule has 0 aromatic carbocycles. The molecule has 0 aliphatic heterocycles. The van der Waals surface area contributed by atoms with Crippen molar-refractivity contribution in [1.82, 2.24) is 9.97 Å². The van der Waals surface area contributed by atoms with Crippen molar-refractivity contribution in [2.45, 2.75) is 19.1 Å². The van der Waals surface area contributed by atoms with Crippen molar-refractivity contribution < 1.29 is 0 Å². The molecule has 0 spiro atoms. The molecule has 10 heavy (non-hydrogen) atoms. The number of rotatable bonds is 3. The van der Waals surface area contributed by atoms with Gasteiger partial charge in [-0.25, -0.2) is 4.98 Å². The second kappa shape index (κ2) is 3.66. The molecule has 56 valence electrons. The molecule has 1 aromatic heterocycles. The average Bonchev–Trinajstić information content (AvgIpc) is 2.38. The lowest BCUT2D eigenvalue weighted by Gasteiger charge is -2.04. The van der Waals surface area contributed by atoms with Gasteiger partial charge in [0.2, 0.25) is 0 Å². The first-order valence-electron chi connectivity index (χ1n) is 3.44. The molecule has 0 aliphatic rings. The van der Waals surface area contributed by atoms with Crippen LogP contribution < -0.4 is 0 Å². The van der Waals surface area contributed by atoms with Crippen LogP contribution in [0.15, 0.2) is 12.5 Å². The minimum absolute atomic E-state index is 0.549. The summed E-state index contributed by atoms with van der Waals surface area (Å²) in [5.74, 6) is 1.15. The molecule has 1 atom stereocenters. The highest BCUT2D eigenvalue weighted by Gasteiger charge is 2.03. The van der Waals surface area contributed by atoms with Crippen LogP contribution in [0.2, 0.25) is 0 Å². The van der Waals surface area contributed by atoms with E-state index in [1.807, 2.05) is 18.0 Å². The van der Waals surface area contributed by atoms with Crippen molar-refractivity contribution in [1.29, 1.82) is 0 Å². The van der Waals surface area contributed by atoms with E-state index in [9.17, 15) is 0 Å². The van der Waals surface area contributed by atoms with Gasteiger partial charge in [-0.3, -0.25) is 0 Å². The Bertz CT molecular complexity index is 172. The van der Waals surface area contributed by atoms with Gasteiger partial charge in [0.15, 0.2) is 0 Å². The van der Waals surface area contributed by atoms with Gasteiger partial charge < -0.3 is 4.98 Å². The van der Waals surface area contributed by atoms with Crippen LogP contribution in [0.25, 0.3) is 0 Å². The molecule has 0 bridgehead atoms. The molecular formula is C7H12N2S. The first-order valence-corrected chi connectivity index (χ1v) is 4.49. The highest BCUT2D eigenvalue weighted by atomic mass is 32.2. The minimum Gasteiger partial charge on any atom is -0.348 e. The van der Waals surface area contributed by atoms with Crippen LogP contribution in [0, 0.1) is 0 Å². The zero-order chi connectivity index (χ0) is 7.40. The lowest BCUT2D eigenvalue weighted by molar-refractivity contribution is 1.03. The fourth-order valence-corrected chi connectivity index (χ4v) is 1.64. The van der Waals surface area contributed by atoms with E-state index in [2.05, 4.69) is 23.8 Å². The quantitative estimate of drug-likeness (QED) is 0.727. The van der Waals surface area contributed by atoms with E-state index >= 15 is 0 Å². The van der Waals surface area contributed by atoms with Gasteiger partial charge in [0.1, 0.15) is 0 Å². The van der Waals surface area contributed by atoms with Gasteiger partial charge in [0.05, 0.1) is 6.33 Å². The van der Waals surface area contributed by atoms with Crippen LogP contribution in [0.5, 0.6) is 0 Å². The standard InChI is InChI=1S/C7H12N2S/c1-3-10-6(2)7-4-8-5-9-7/h4-6H,3H2,1-2H3,(H,8,9). The summed E-state index contributed by atoms with van der Waals surface area (Å²) >= 11 is 1.92. The molecule has 0 saturated carbocycles. The summed E-state index contributed by atoms with van der Waals surface area (Å²) in [6.45, 7) is 4.35. The van der Waals surface area contributed by atoms with E-state index < -0.39 is 0 Å². The first-order chi connectivity index (χ1) is 4.84. The van der Waals surface area contributed by atoms with Gasteiger partial charge in [-0.1, -0.05) is 6.92 Å². The van der Waals surface area contributed by atoms with Crippen LogP contribution in [0.1, 0.15) is 24.8 Å². The number of nitrogens with zero attached hydrogens (tertiary/aromatic N) is 1. The molecule has 1 unspecified atom stereocenters. The topological polar surface area (TPSA) is 28.7 Å². The van der Waals surface area contributed by atoms with Gasteiger partial charge in [0, 0.05) is 17.1 Å². The Morgan fingerprint density at radius 2 is 2.60 bits per heavy atom. The minimum atomic E-state index is 0.549. The molecule has 3 heteroatoms. The predicted octanol–water partition coefficient (Wildman–Crippen LogP) is 2.22. The maximum atomic E-state index is 3.96. The molecular weight excluding hydrogens is 144 g/mol. The number of hydrogen-bond donors (Lipinski definition) is 1. The van der Waals surface area contributed by atoms with E-state index in [-0.39, 0.29) is 0 Å². The zero-order valence-electron chi connectivity index (χ0n) is 6.29. The fourth-order valence-electron chi connectivity index (χ4n) is 0.829. The van der Waals surface area contributed by atoms with Gasteiger partial charge in [-0.05, 0) is 12.7 Å². The average molecular weight is 156 g/mol. The van der Waals surface area contributed by atoms with Crippen LogP contribution in [-0.2, 0) is 0 Å². The van der Waals surface area contributed by atoms with Gasteiger partial charge in [0.25, 0.3) is 0 Å². The molecule has 0 radical (unpaired) electrons. The van der Waals surface area contributed by atoms with Crippen LogP contribution in [-0.4, -0.2) is 15.7 Å². The highest BCUT2D eigenvalue weighted by molar-refractivity contribution is 7.99. The van der Waals surface area contributed by atoms with E-state index in [0.717, 1.165) is 5.75 Å². The summed E-state index contributed by atoms with van der Waals surface area (Å²) in [4.78, 5) is 7.05. The van der Waals surface area contributed by atoms with E-state index in [0.29, 0.717) is 5.25 Å². The molecule has 1 heterocycles. The second-order valence-electron chi connectivity index (χ2n) is 2.10. The maximum absolute atomic E-state index is 3.96. The summed E-state index contributed by atoms with van der Waals surface area (Å²) < 4.78 is 0. The van der Waals surface area contributed by atoms with Gasteiger partial charge in [-0.15, -0.1) is 0 Å². The lowest BCUT2D eigenvalue weighted by atomic mass is 10.4. The summed E-state index contributed by atoms with van der Waals surface area (Å²) in [7, 11) is 0. The van der Waals surface area contributed by atoms with Crippen molar-refractivity contribution >= 4 is 11.8 Å². The number of H-pyrrole nitrogens is 1. The molecule has 2 nitrogen and oxygen atoms in total. The van der Waals surface area contributed by atoms with Crippen LogP contribution >= 0.6 is 11.8 Å². The van der Waals surface area contributed by atoms with E-state index in [4.69, 9.17) is 0 Å². The largest absolute Gasteiger partial charge is 0.348 e. The smallest absolute Gasteiger partial charge is 0.0922 e. The van der Waals surface area contributed by atoms with Crippen molar-refractivity contribution in [3.8, 4) is 0 Å². The number of nitrogens with one attached hydrogen (secondary N) is 1. The Kier molecular flexibility index (Phi) is 2.81. The Morgan fingerprint density at radius 3 is 3.10 bits per heavy atom. The summed E-state index contributed by atoms with van der Waals surface area (Å²) in [6.07, 6.45) is 3.61. The summed E-state index contributed by atoms with van der Waals surface area (Å²) in [5.41, 5.74) is 1.21. The predicted molar refractivity (Wildman–Crippen MR) is 45.1 cm³/mol. The van der Waals surface area contributed by atoms with E-state index in [1.54, 1.807) is 6.33 Å². The summed E-state index contributed by atoms with van der Waals surface area (Å²) in [6, 6.07) is 0.